The molecule has 0 saturated carbocycles. The Bertz CT molecular complexity index is 889. The first kappa shape index (κ1) is 18.4. The molecule has 0 amide bonds. The molecule has 3 aromatic rings. The van der Waals surface area contributed by atoms with Crippen LogP contribution >= 0.6 is 34.7 Å². The van der Waals surface area contributed by atoms with Gasteiger partial charge in [-0.2, -0.15) is 0 Å². The molecule has 0 bridgehead atoms. The topological polar surface area (TPSA) is 30.7 Å². The summed E-state index contributed by atoms with van der Waals surface area (Å²) in [6.45, 7) is 7.19. The molecule has 1 aromatic carbocycles. The highest BCUT2D eigenvalue weighted by Crippen LogP contribution is 2.33. The first-order chi connectivity index (χ1) is 12.0. The Hall–Kier alpha value is -1.37. The molecule has 3 nitrogen and oxygen atoms in total. The Balaban J connectivity index is 1.87. The van der Waals surface area contributed by atoms with Gasteiger partial charge in [-0.3, -0.25) is 0 Å². The van der Waals surface area contributed by atoms with Crippen LogP contribution in [-0.4, -0.2) is 14.8 Å². The van der Waals surface area contributed by atoms with Crippen LogP contribution in [0.2, 0.25) is 5.02 Å². The summed E-state index contributed by atoms with van der Waals surface area (Å²) in [4.78, 5) is 1.33. The van der Waals surface area contributed by atoms with Crippen molar-refractivity contribution >= 4 is 34.7 Å². The van der Waals surface area contributed by atoms with Crippen molar-refractivity contribution in [3.8, 4) is 11.4 Å². The number of rotatable bonds is 6. The molecule has 0 atom stereocenters. The molecular weight excluding hydrogens is 377 g/mol. The maximum Gasteiger partial charge on any atom is 0.191 e. The van der Waals surface area contributed by atoms with Gasteiger partial charge in [0.1, 0.15) is 5.82 Å². The minimum Gasteiger partial charge on any atom is -0.302 e. The third-order valence-corrected chi connectivity index (χ3v) is 6.42. The van der Waals surface area contributed by atoms with Crippen molar-refractivity contribution in [2.75, 3.05) is 0 Å². The van der Waals surface area contributed by atoms with E-state index in [1.54, 1.807) is 29.2 Å². The molecule has 132 valence electrons. The van der Waals surface area contributed by atoms with Crippen LogP contribution in [0.5, 0.6) is 0 Å². The number of hydrogen-bond acceptors (Lipinski definition) is 4. The van der Waals surface area contributed by atoms with Crippen molar-refractivity contribution in [3.63, 3.8) is 0 Å². The van der Waals surface area contributed by atoms with Crippen LogP contribution in [0.15, 0.2) is 28.7 Å². The van der Waals surface area contributed by atoms with Crippen LogP contribution in [0.4, 0.5) is 4.39 Å². The lowest BCUT2D eigenvalue weighted by atomic mass is 10.1. The largest absolute Gasteiger partial charge is 0.302 e. The quantitative estimate of drug-likeness (QED) is 0.481. The summed E-state index contributed by atoms with van der Waals surface area (Å²) >= 11 is 9.44. The van der Waals surface area contributed by atoms with Crippen LogP contribution < -0.4 is 0 Å². The SMILES string of the molecule is CCc1c(-c2nnc(SCc3ccc(F)cc3Cl)n2CC)csc1C. The molecule has 0 radical (unpaired) electrons. The number of nitrogens with zero attached hydrogens (tertiary/aromatic N) is 3. The lowest BCUT2D eigenvalue weighted by Crippen LogP contribution is -2.01. The third kappa shape index (κ3) is 3.76. The van der Waals surface area contributed by atoms with Gasteiger partial charge in [0, 0.05) is 33.1 Å². The summed E-state index contributed by atoms with van der Waals surface area (Å²) in [5.41, 5.74) is 3.40. The average Bonchev–Trinajstić information content (AvgIpc) is 3.16. The van der Waals surface area contributed by atoms with E-state index in [0.29, 0.717) is 10.8 Å². The summed E-state index contributed by atoms with van der Waals surface area (Å²) in [7, 11) is 0. The van der Waals surface area contributed by atoms with Gasteiger partial charge in [-0.1, -0.05) is 36.4 Å². The Kier molecular flexibility index (Phi) is 5.81. The molecule has 2 heterocycles. The average molecular weight is 396 g/mol. The van der Waals surface area contributed by atoms with Crippen molar-refractivity contribution < 1.29 is 4.39 Å². The van der Waals surface area contributed by atoms with Crippen molar-refractivity contribution in [2.24, 2.45) is 0 Å². The maximum absolute atomic E-state index is 13.2. The van der Waals surface area contributed by atoms with Crippen LogP contribution in [0.3, 0.4) is 0 Å². The molecule has 0 unspecified atom stereocenters. The third-order valence-electron chi connectivity index (χ3n) is 4.10. The zero-order chi connectivity index (χ0) is 18.0. The van der Waals surface area contributed by atoms with Gasteiger partial charge in [-0.05, 0) is 43.5 Å². The van der Waals surface area contributed by atoms with Gasteiger partial charge in [0.25, 0.3) is 0 Å². The predicted molar refractivity (Wildman–Crippen MR) is 104 cm³/mol. The van der Waals surface area contributed by atoms with Crippen molar-refractivity contribution in [1.29, 1.82) is 0 Å². The lowest BCUT2D eigenvalue weighted by molar-refractivity contribution is 0.627. The van der Waals surface area contributed by atoms with Crippen LogP contribution in [0.1, 0.15) is 29.9 Å². The summed E-state index contributed by atoms with van der Waals surface area (Å²) < 4.78 is 15.3. The number of thioether (sulfide) groups is 1. The zero-order valence-electron chi connectivity index (χ0n) is 14.3. The molecular formula is C18H19ClFN3S2. The highest BCUT2D eigenvalue weighted by Gasteiger charge is 2.18. The Morgan fingerprint density at radius 1 is 1.28 bits per heavy atom. The maximum atomic E-state index is 13.2. The number of halogens is 2. The number of aromatic nitrogens is 3. The van der Waals surface area contributed by atoms with E-state index < -0.39 is 0 Å². The van der Waals surface area contributed by atoms with E-state index in [1.807, 2.05) is 0 Å². The molecule has 2 aromatic heterocycles. The van der Waals surface area contributed by atoms with E-state index in [9.17, 15) is 4.39 Å². The van der Waals surface area contributed by atoms with Crippen molar-refractivity contribution in [3.05, 3.63) is 50.4 Å². The summed E-state index contributed by atoms with van der Waals surface area (Å²) in [6, 6.07) is 4.49. The Morgan fingerprint density at radius 2 is 2.08 bits per heavy atom. The van der Waals surface area contributed by atoms with E-state index in [2.05, 4.69) is 40.9 Å². The molecule has 3 rings (SSSR count). The van der Waals surface area contributed by atoms with Crippen molar-refractivity contribution in [2.45, 2.75) is 44.6 Å². The minimum absolute atomic E-state index is 0.322. The lowest BCUT2D eigenvalue weighted by Gasteiger charge is -2.09. The summed E-state index contributed by atoms with van der Waals surface area (Å²) in [5, 5.41) is 12.3. The first-order valence-corrected chi connectivity index (χ1v) is 10.4. The fourth-order valence-electron chi connectivity index (χ4n) is 2.77. The number of benzene rings is 1. The molecule has 0 fully saturated rings. The predicted octanol–water partition coefficient (Wildman–Crippen LogP) is 5.98. The highest BCUT2D eigenvalue weighted by molar-refractivity contribution is 7.98. The van der Waals surface area contributed by atoms with E-state index in [-0.39, 0.29) is 5.82 Å². The Labute approximate surface area is 160 Å². The normalized spacial score (nSPS) is 11.2. The van der Waals surface area contributed by atoms with Gasteiger partial charge in [0.05, 0.1) is 0 Å². The van der Waals surface area contributed by atoms with Crippen molar-refractivity contribution in [1.82, 2.24) is 14.8 Å². The molecule has 0 N–H and O–H groups in total. The fourth-order valence-corrected chi connectivity index (χ4v) is 5.03. The van der Waals surface area contributed by atoms with Gasteiger partial charge in [0.15, 0.2) is 11.0 Å². The number of aryl methyl sites for hydroxylation is 1. The number of hydrogen-bond donors (Lipinski definition) is 0. The second-order valence-corrected chi connectivity index (χ2v) is 8.05. The van der Waals surface area contributed by atoms with Gasteiger partial charge in [0.2, 0.25) is 0 Å². The summed E-state index contributed by atoms with van der Waals surface area (Å²) in [5.74, 6) is 1.22. The van der Waals surface area contributed by atoms with E-state index in [1.165, 1.54) is 28.1 Å². The van der Waals surface area contributed by atoms with Crippen LogP contribution in [0.25, 0.3) is 11.4 Å². The van der Waals surface area contributed by atoms with Crippen LogP contribution in [-0.2, 0) is 18.7 Å². The molecule has 0 spiro atoms. The van der Waals surface area contributed by atoms with Crippen LogP contribution in [0, 0.1) is 12.7 Å². The Morgan fingerprint density at radius 3 is 2.76 bits per heavy atom. The van der Waals surface area contributed by atoms with Gasteiger partial charge >= 0.3 is 0 Å². The van der Waals surface area contributed by atoms with Gasteiger partial charge in [-0.25, -0.2) is 4.39 Å². The molecule has 0 aliphatic carbocycles. The second-order valence-electron chi connectivity index (χ2n) is 5.61. The first-order valence-electron chi connectivity index (χ1n) is 8.12. The minimum atomic E-state index is -0.322. The second kappa shape index (κ2) is 7.89. The monoisotopic (exact) mass is 395 g/mol. The molecule has 0 aliphatic heterocycles. The van der Waals surface area contributed by atoms with Gasteiger partial charge < -0.3 is 4.57 Å². The summed E-state index contributed by atoms with van der Waals surface area (Å²) in [6.07, 6.45) is 0.981. The standard InChI is InChI=1S/C18H19ClFN3S2/c1-4-14-11(3)24-10-15(14)17-21-22-18(23(17)5-2)25-9-12-6-7-13(20)8-16(12)19/h6-8,10H,4-5,9H2,1-3H3. The smallest absolute Gasteiger partial charge is 0.191 e. The molecule has 0 aliphatic rings. The van der Waals surface area contributed by atoms with E-state index >= 15 is 0 Å². The van der Waals surface area contributed by atoms with Gasteiger partial charge in [-0.15, -0.1) is 21.5 Å². The zero-order valence-corrected chi connectivity index (χ0v) is 16.7. The molecule has 0 saturated heterocycles. The number of thiophene rings is 1. The molecule has 7 heteroatoms. The fraction of sp³-hybridized carbons (Fsp3) is 0.333. The van der Waals surface area contributed by atoms with E-state index in [0.717, 1.165) is 29.5 Å². The van der Waals surface area contributed by atoms with E-state index in [4.69, 9.17) is 11.6 Å². The highest BCUT2D eigenvalue weighted by atomic mass is 35.5. The molecule has 25 heavy (non-hydrogen) atoms.